The van der Waals surface area contributed by atoms with Crippen molar-refractivity contribution >= 4 is 11.8 Å². The molecule has 1 aliphatic carbocycles. The van der Waals surface area contributed by atoms with Gasteiger partial charge in [0, 0.05) is 18.4 Å². The lowest BCUT2D eigenvalue weighted by Crippen LogP contribution is -2.05. The fraction of sp³-hybridized carbons (Fsp3) is 0.636. The molecule has 0 aromatic carbocycles. The highest BCUT2D eigenvalue weighted by atomic mass is 16.5. The second-order valence-electron chi connectivity index (χ2n) is 3.56. The average molecular weight is 196 g/mol. The molecule has 0 saturated heterocycles. The van der Waals surface area contributed by atoms with Crippen LogP contribution in [0, 0.1) is 5.92 Å². The van der Waals surface area contributed by atoms with Gasteiger partial charge >= 0.3 is 5.97 Å². The van der Waals surface area contributed by atoms with Crippen molar-refractivity contribution in [1.29, 1.82) is 0 Å². The lowest BCUT2D eigenvalue weighted by Gasteiger charge is -2.03. The number of hydrogen-bond acceptors (Lipinski definition) is 3. The number of ether oxygens (including phenoxy) is 1. The molecule has 0 radical (unpaired) electrons. The van der Waals surface area contributed by atoms with Gasteiger partial charge < -0.3 is 4.74 Å². The van der Waals surface area contributed by atoms with E-state index in [4.69, 9.17) is 0 Å². The number of methoxy groups -OCH3 is 1. The quantitative estimate of drug-likeness (QED) is 0.509. The Morgan fingerprint density at radius 1 is 1.64 bits per heavy atom. The highest BCUT2D eigenvalue weighted by Crippen LogP contribution is 2.25. The zero-order valence-electron chi connectivity index (χ0n) is 8.49. The lowest BCUT2D eigenvalue weighted by atomic mass is 10.0. The molecule has 1 atom stereocenters. The predicted molar refractivity (Wildman–Crippen MR) is 52.7 cm³/mol. The van der Waals surface area contributed by atoms with Crippen LogP contribution in [0.1, 0.15) is 32.1 Å². The summed E-state index contributed by atoms with van der Waals surface area (Å²) in [5, 5.41) is 0. The van der Waals surface area contributed by atoms with E-state index in [9.17, 15) is 9.59 Å². The van der Waals surface area contributed by atoms with E-state index in [0.29, 0.717) is 5.78 Å². The van der Waals surface area contributed by atoms with E-state index in [-0.39, 0.29) is 11.9 Å². The van der Waals surface area contributed by atoms with Gasteiger partial charge in [-0.3, -0.25) is 4.79 Å². The third kappa shape index (κ3) is 3.32. The van der Waals surface area contributed by atoms with Gasteiger partial charge in [0.05, 0.1) is 7.11 Å². The number of esters is 1. The van der Waals surface area contributed by atoms with Gasteiger partial charge in [0.15, 0.2) is 0 Å². The van der Waals surface area contributed by atoms with Gasteiger partial charge in [-0.1, -0.05) is 6.08 Å². The van der Waals surface area contributed by atoms with Crippen LogP contribution in [0.2, 0.25) is 0 Å². The molecule has 1 aliphatic rings. The van der Waals surface area contributed by atoms with Crippen LogP contribution in [0.4, 0.5) is 0 Å². The molecule has 0 N–H and O–H groups in total. The number of carbonyl (C=O) groups is 2. The van der Waals surface area contributed by atoms with Gasteiger partial charge in [-0.05, 0) is 25.7 Å². The molecule has 1 rings (SSSR count). The zero-order valence-corrected chi connectivity index (χ0v) is 8.49. The van der Waals surface area contributed by atoms with Gasteiger partial charge in [-0.2, -0.15) is 0 Å². The van der Waals surface area contributed by atoms with Gasteiger partial charge in [0.2, 0.25) is 0 Å². The summed E-state index contributed by atoms with van der Waals surface area (Å²) in [7, 11) is 1.35. The number of carbonyl (C=O) groups excluding carboxylic acids is 2. The fourth-order valence-electron chi connectivity index (χ4n) is 1.74. The van der Waals surface area contributed by atoms with E-state index >= 15 is 0 Å². The third-order valence-electron chi connectivity index (χ3n) is 2.57. The molecule has 1 unspecified atom stereocenters. The molecule has 78 valence electrons. The molecular weight excluding hydrogens is 180 g/mol. The number of allylic oxidation sites excluding steroid dienone is 1. The Morgan fingerprint density at radius 2 is 2.43 bits per heavy atom. The topological polar surface area (TPSA) is 43.4 Å². The first-order valence-electron chi connectivity index (χ1n) is 5.01. The van der Waals surface area contributed by atoms with Gasteiger partial charge in [0.1, 0.15) is 5.78 Å². The van der Waals surface area contributed by atoms with Crippen LogP contribution in [-0.2, 0) is 14.3 Å². The SMILES string of the molecule is COC(=O)/C=C\CCC1CCCC1=O. The van der Waals surface area contributed by atoms with Crippen LogP contribution in [0.25, 0.3) is 0 Å². The minimum atomic E-state index is -0.331. The molecule has 0 heterocycles. The summed E-state index contributed by atoms with van der Waals surface area (Å²) in [5.74, 6) is 0.288. The van der Waals surface area contributed by atoms with Gasteiger partial charge in [-0.15, -0.1) is 0 Å². The maximum Gasteiger partial charge on any atom is 0.330 e. The Balaban J connectivity index is 2.17. The molecule has 3 nitrogen and oxygen atoms in total. The minimum Gasteiger partial charge on any atom is -0.466 e. The second kappa shape index (κ2) is 5.58. The van der Waals surface area contributed by atoms with E-state index in [1.807, 2.05) is 0 Å². The number of rotatable bonds is 4. The summed E-state index contributed by atoms with van der Waals surface area (Å²) in [5.41, 5.74) is 0. The highest BCUT2D eigenvalue weighted by Gasteiger charge is 2.22. The summed E-state index contributed by atoms with van der Waals surface area (Å²) < 4.78 is 4.45. The largest absolute Gasteiger partial charge is 0.466 e. The first kappa shape index (κ1) is 11.0. The Hall–Kier alpha value is -1.12. The Kier molecular flexibility index (Phi) is 4.36. The molecule has 1 saturated carbocycles. The van der Waals surface area contributed by atoms with E-state index in [0.717, 1.165) is 32.1 Å². The lowest BCUT2D eigenvalue weighted by molar-refractivity contribution is -0.134. The molecule has 0 aromatic rings. The van der Waals surface area contributed by atoms with Crippen molar-refractivity contribution in [3.05, 3.63) is 12.2 Å². The second-order valence-corrected chi connectivity index (χ2v) is 3.56. The molecule has 0 spiro atoms. The van der Waals surface area contributed by atoms with Crippen LogP contribution in [0.5, 0.6) is 0 Å². The normalized spacial score (nSPS) is 21.8. The van der Waals surface area contributed by atoms with E-state index in [1.165, 1.54) is 13.2 Å². The fourth-order valence-corrected chi connectivity index (χ4v) is 1.74. The van der Waals surface area contributed by atoms with Gasteiger partial charge in [0.25, 0.3) is 0 Å². The molecule has 14 heavy (non-hydrogen) atoms. The molecule has 1 fully saturated rings. The Morgan fingerprint density at radius 3 is 3.00 bits per heavy atom. The standard InChI is InChI=1S/C11H16O3/c1-14-11(13)8-3-2-5-9-6-4-7-10(9)12/h3,8-9H,2,4-7H2,1H3/b8-3-. The van der Waals surface area contributed by atoms with Crippen molar-refractivity contribution in [2.45, 2.75) is 32.1 Å². The summed E-state index contributed by atoms with van der Waals surface area (Å²) in [6, 6.07) is 0. The van der Waals surface area contributed by atoms with Crippen molar-refractivity contribution in [3.8, 4) is 0 Å². The number of ketones is 1. The van der Waals surface area contributed by atoms with E-state index in [1.54, 1.807) is 6.08 Å². The number of hydrogen-bond donors (Lipinski definition) is 0. The predicted octanol–water partition coefficient (Wildman–Crippen LogP) is 1.86. The molecule has 0 aromatic heterocycles. The van der Waals surface area contributed by atoms with Crippen molar-refractivity contribution in [3.63, 3.8) is 0 Å². The monoisotopic (exact) mass is 196 g/mol. The Bertz CT molecular complexity index is 243. The Labute approximate surface area is 84.1 Å². The van der Waals surface area contributed by atoms with E-state index < -0.39 is 0 Å². The summed E-state index contributed by atoms with van der Waals surface area (Å²) in [6.45, 7) is 0. The highest BCUT2D eigenvalue weighted by molar-refractivity contribution is 5.83. The first-order chi connectivity index (χ1) is 6.74. The van der Waals surface area contributed by atoms with Crippen molar-refractivity contribution in [1.82, 2.24) is 0 Å². The average Bonchev–Trinajstić information content (AvgIpc) is 2.58. The summed E-state index contributed by atoms with van der Waals surface area (Å²) in [4.78, 5) is 21.9. The van der Waals surface area contributed by atoms with Crippen molar-refractivity contribution in [2.75, 3.05) is 7.11 Å². The third-order valence-corrected chi connectivity index (χ3v) is 2.57. The molecular formula is C11H16O3. The van der Waals surface area contributed by atoms with Crippen LogP contribution >= 0.6 is 0 Å². The molecule has 0 amide bonds. The molecule has 3 heteroatoms. The maximum atomic E-state index is 11.2. The smallest absolute Gasteiger partial charge is 0.330 e. The van der Waals surface area contributed by atoms with Crippen LogP contribution < -0.4 is 0 Å². The minimum absolute atomic E-state index is 0.234. The van der Waals surface area contributed by atoms with Crippen molar-refractivity contribution in [2.24, 2.45) is 5.92 Å². The van der Waals surface area contributed by atoms with Crippen molar-refractivity contribution < 1.29 is 14.3 Å². The van der Waals surface area contributed by atoms with Crippen LogP contribution in [-0.4, -0.2) is 18.9 Å². The number of Topliss-reactive ketones (excluding diaryl/α,β-unsaturated/α-hetero) is 1. The molecule has 0 bridgehead atoms. The summed E-state index contributed by atoms with van der Waals surface area (Å²) in [6.07, 6.45) is 7.63. The maximum absolute atomic E-state index is 11.2. The zero-order chi connectivity index (χ0) is 10.4. The first-order valence-corrected chi connectivity index (χ1v) is 5.01. The summed E-state index contributed by atoms with van der Waals surface area (Å²) >= 11 is 0. The van der Waals surface area contributed by atoms with E-state index in [2.05, 4.69) is 4.74 Å². The van der Waals surface area contributed by atoms with Crippen LogP contribution in [0.15, 0.2) is 12.2 Å². The van der Waals surface area contributed by atoms with Crippen LogP contribution in [0.3, 0.4) is 0 Å². The molecule has 0 aliphatic heterocycles. The van der Waals surface area contributed by atoms with Gasteiger partial charge in [-0.25, -0.2) is 4.79 Å².